The number of hydrogen-bond donors (Lipinski definition) is 2. The predicted molar refractivity (Wildman–Crippen MR) is 88.2 cm³/mol. The molecule has 0 radical (unpaired) electrons. The van der Waals surface area contributed by atoms with Crippen LogP contribution in [0.25, 0.3) is 0 Å². The fraction of sp³-hybridized carbons (Fsp3) is 0.533. The van der Waals surface area contributed by atoms with Crippen LogP contribution in [0.15, 0.2) is 23.1 Å². The molecule has 0 aliphatic heterocycles. The zero-order valence-corrected chi connectivity index (χ0v) is 14.2. The van der Waals surface area contributed by atoms with Crippen LogP contribution in [-0.2, 0) is 14.8 Å². The van der Waals surface area contributed by atoms with Gasteiger partial charge < -0.3 is 11.1 Å². The lowest BCUT2D eigenvalue weighted by Gasteiger charge is -2.20. The number of anilines is 1. The lowest BCUT2D eigenvalue weighted by atomic mass is 10.2. The van der Waals surface area contributed by atoms with Gasteiger partial charge in [-0.25, -0.2) is 8.42 Å². The van der Waals surface area contributed by atoms with Crippen molar-refractivity contribution in [1.82, 2.24) is 4.31 Å². The van der Waals surface area contributed by atoms with Crippen molar-refractivity contribution in [2.45, 2.75) is 38.5 Å². The van der Waals surface area contributed by atoms with Gasteiger partial charge in [0.15, 0.2) is 0 Å². The molecule has 0 bridgehead atoms. The molecule has 1 aromatic carbocycles. The van der Waals surface area contributed by atoms with Crippen molar-refractivity contribution in [2.24, 2.45) is 5.73 Å². The van der Waals surface area contributed by atoms with E-state index >= 15 is 0 Å². The van der Waals surface area contributed by atoms with Gasteiger partial charge in [-0.2, -0.15) is 4.31 Å². The summed E-state index contributed by atoms with van der Waals surface area (Å²) < 4.78 is 26.6. The average Bonchev–Trinajstić information content (AvgIpc) is 2.48. The highest BCUT2D eigenvalue weighted by Crippen LogP contribution is 2.23. The van der Waals surface area contributed by atoms with Crippen LogP contribution in [0.2, 0.25) is 0 Å². The van der Waals surface area contributed by atoms with Crippen molar-refractivity contribution in [3.05, 3.63) is 23.8 Å². The number of nitrogens with two attached hydrogens (primary N) is 1. The van der Waals surface area contributed by atoms with E-state index in [1.54, 1.807) is 32.9 Å². The Morgan fingerprint density at radius 2 is 1.91 bits per heavy atom. The van der Waals surface area contributed by atoms with Crippen molar-refractivity contribution >= 4 is 21.6 Å². The second kappa shape index (κ2) is 8.26. The maximum atomic E-state index is 12.6. The fourth-order valence-corrected chi connectivity index (χ4v) is 3.85. The maximum Gasteiger partial charge on any atom is 0.243 e. The molecule has 0 atom stereocenters. The van der Waals surface area contributed by atoms with Gasteiger partial charge in [0, 0.05) is 25.2 Å². The summed E-state index contributed by atoms with van der Waals surface area (Å²) in [6.07, 6.45) is 0.921. The molecule has 0 fully saturated rings. The Balaban J connectivity index is 3.07. The van der Waals surface area contributed by atoms with Crippen LogP contribution in [0.1, 0.15) is 32.3 Å². The van der Waals surface area contributed by atoms with E-state index in [0.717, 1.165) is 0 Å². The number of benzene rings is 1. The zero-order valence-electron chi connectivity index (χ0n) is 13.4. The molecule has 0 aromatic heterocycles. The molecular weight excluding hydrogens is 302 g/mol. The molecule has 1 rings (SSSR count). The molecule has 0 aliphatic carbocycles. The van der Waals surface area contributed by atoms with Crippen LogP contribution in [0.3, 0.4) is 0 Å². The van der Waals surface area contributed by atoms with Gasteiger partial charge >= 0.3 is 0 Å². The molecule has 1 aromatic rings. The Hall–Kier alpha value is -1.44. The third-order valence-electron chi connectivity index (χ3n) is 3.40. The van der Waals surface area contributed by atoms with Crippen LogP contribution < -0.4 is 11.1 Å². The van der Waals surface area contributed by atoms with Gasteiger partial charge in [0.1, 0.15) is 0 Å². The SMILES string of the molecule is CCN(CC)S(=O)(=O)c1cc(NC(=O)CCCN)ccc1C. The number of carbonyl (C=O) groups is 1. The molecule has 0 spiro atoms. The van der Waals surface area contributed by atoms with Gasteiger partial charge in [-0.15, -0.1) is 0 Å². The number of carbonyl (C=O) groups excluding carboxylic acids is 1. The van der Waals surface area contributed by atoms with E-state index in [9.17, 15) is 13.2 Å². The van der Waals surface area contributed by atoms with Crippen molar-refractivity contribution in [2.75, 3.05) is 25.0 Å². The van der Waals surface area contributed by atoms with Gasteiger partial charge in [-0.1, -0.05) is 19.9 Å². The molecule has 6 nitrogen and oxygen atoms in total. The smallest absolute Gasteiger partial charge is 0.243 e. The average molecular weight is 327 g/mol. The van der Waals surface area contributed by atoms with E-state index in [1.807, 2.05) is 0 Å². The largest absolute Gasteiger partial charge is 0.330 e. The monoisotopic (exact) mass is 327 g/mol. The van der Waals surface area contributed by atoms with Gasteiger partial charge in [0.2, 0.25) is 15.9 Å². The minimum atomic E-state index is -3.55. The van der Waals surface area contributed by atoms with Crippen molar-refractivity contribution in [3.8, 4) is 0 Å². The Morgan fingerprint density at radius 3 is 2.45 bits per heavy atom. The van der Waals surface area contributed by atoms with Crippen molar-refractivity contribution < 1.29 is 13.2 Å². The third kappa shape index (κ3) is 4.53. The summed E-state index contributed by atoms with van der Waals surface area (Å²) in [4.78, 5) is 12.0. The van der Waals surface area contributed by atoms with Crippen LogP contribution >= 0.6 is 0 Å². The molecule has 1 amide bonds. The second-order valence-corrected chi connectivity index (χ2v) is 6.92. The number of amides is 1. The number of sulfonamides is 1. The predicted octanol–water partition coefficient (Wildman–Crippen LogP) is 1.70. The van der Waals surface area contributed by atoms with Crippen molar-refractivity contribution in [3.63, 3.8) is 0 Å². The molecule has 0 aliphatic rings. The lowest BCUT2D eigenvalue weighted by Crippen LogP contribution is -2.31. The van der Waals surface area contributed by atoms with Crippen molar-refractivity contribution in [1.29, 1.82) is 0 Å². The highest BCUT2D eigenvalue weighted by atomic mass is 32.2. The first kappa shape index (κ1) is 18.6. The Labute approximate surface area is 132 Å². The second-order valence-electron chi connectivity index (χ2n) is 5.01. The molecule has 0 saturated heterocycles. The van der Waals surface area contributed by atoms with E-state index in [-0.39, 0.29) is 10.8 Å². The number of rotatable bonds is 8. The normalized spacial score (nSPS) is 11.7. The van der Waals surface area contributed by atoms with E-state index in [0.29, 0.717) is 43.7 Å². The Bertz CT molecular complexity index is 610. The highest BCUT2D eigenvalue weighted by Gasteiger charge is 2.23. The summed E-state index contributed by atoms with van der Waals surface area (Å²) in [5, 5.41) is 2.71. The van der Waals surface area contributed by atoms with E-state index in [1.165, 1.54) is 10.4 Å². The van der Waals surface area contributed by atoms with Crippen LogP contribution in [0.4, 0.5) is 5.69 Å². The van der Waals surface area contributed by atoms with E-state index < -0.39 is 10.0 Å². The molecule has 3 N–H and O–H groups in total. The van der Waals surface area contributed by atoms with E-state index in [2.05, 4.69) is 5.32 Å². The minimum absolute atomic E-state index is 0.166. The molecule has 0 heterocycles. The Morgan fingerprint density at radius 1 is 1.27 bits per heavy atom. The first-order chi connectivity index (χ1) is 10.4. The molecular formula is C15H25N3O3S. The van der Waals surface area contributed by atoms with Gasteiger partial charge in [-0.05, 0) is 37.6 Å². The molecule has 124 valence electrons. The first-order valence-corrected chi connectivity index (χ1v) is 8.91. The Kier molecular flexibility index (Phi) is 6.99. The molecule has 7 heteroatoms. The van der Waals surface area contributed by atoms with Gasteiger partial charge in [0.05, 0.1) is 4.90 Å². The van der Waals surface area contributed by atoms with Crippen LogP contribution in [0, 0.1) is 6.92 Å². The summed E-state index contributed by atoms with van der Waals surface area (Å²) in [5.74, 6) is -0.166. The van der Waals surface area contributed by atoms with Crippen LogP contribution in [-0.4, -0.2) is 38.3 Å². The summed E-state index contributed by atoms with van der Waals surface area (Å²) in [7, 11) is -3.55. The maximum absolute atomic E-state index is 12.6. The zero-order chi connectivity index (χ0) is 16.8. The standard InChI is InChI=1S/C15H25N3O3S/c1-4-18(5-2)22(20,21)14-11-13(9-8-12(14)3)17-15(19)7-6-10-16/h8-9,11H,4-7,10,16H2,1-3H3,(H,17,19). The summed E-state index contributed by atoms with van der Waals surface area (Å²) in [6, 6.07) is 4.93. The highest BCUT2D eigenvalue weighted by molar-refractivity contribution is 7.89. The fourth-order valence-electron chi connectivity index (χ4n) is 2.14. The quantitative estimate of drug-likeness (QED) is 0.760. The van der Waals surface area contributed by atoms with Gasteiger partial charge in [0.25, 0.3) is 0 Å². The number of aryl methyl sites for hydroxylation is 1. The first-order valence-electron chi connectivity index (χ1n) is 7.47. The van der Waals surface area contributed by atoms with Gasteiger partial charge in [-0.3, -0.25) is 4.79 Å². The number of nitrogens with zero attached hydrogens (tertiary/aromatic N) is 1. The third-order valence-corrected chi connectivity index (χ3v) is 5.59. The summed E-state index contributed by atoms with van der Waals surface area (Å²) in [6.45, 7) is 6.61. The lowest BCUT2D eigenvalue weighted by molar-refractivity contribution is -0.116. The topological polar surface area (TPSA) is 92.5 Å². The number of nitrogens with one attached hydrogen (secondary N) is 1. The van der Waals surface area contributed by atoms with E-state index in [4.69, 9.17) is 5.73 Å². The molecule has 0 saturated carbocycles. The minimum Gasteiger partial charge on any atom is -0.330 e. The molecule has 0 unspecified atom stereocenters. The van der Waals surface area contributed by atoms with Crippen LogP contribution in [0.5, 0.6) is 0 Å². The summed E-state index contributed by atoms with van der Waals surface area (Å²) >= 11 is 0. The number of hydrogen-bond acceptors (Lipinski definition) is 4. The summed E-state index contributed by atoms with van der Waals surface area (Å²) in [5.41, 5.74) is 6.51. The molecule has 22 heavy (non-hydrogen) atoms.